The van der Waals surface area contributed by atoms with Crippen molar-refractivity contribution in [3.8, 4) is 5.75 Å². The monoisotopic (exact) mass is 291 g/mol. The van der Waals surface area contributed by atoms with Gasteiger partial charge in [0.1, 0.15) is 5.75 Å². The number of anilines is 2. The molecule has 3 N–H and O–H groups in total. The van der Waals surface area contributed by atoms with Crippen LogP contribution in [0.3, 0.4) is 0 Å². The van der Waals surface area contributed by atoms with Crippen LogP contribution in [0.5, 0.6) is 5.75 Å². The highest BCUT2D eigenvalue weighted by atomic mass is 16.5. The maximum absolute atomic E-state index is 12.5. The molecule has 1 amide bonds. The normalized spacial score (nSPS) is 23.8. The first-order chi connectivity index (χ1) is 9.93. The van der Waals surface area contributed by atoms with Gasteiger partial charge in [0, 0.05) is 18.2 Å². The Bertz CT molecular complexity index is 508. The molecule has 0 spiro atoms. The number of ether oxygens (including phenoxy) is 1. The van der Waals surface area contributed by atoms with Gasteiger partial charge in [0.25, 0.3) is 0 Å². The van der Waals surface area contributed by atoms with Gasteiger partial charge in [-0.1, -0.05) is 0 Å². The molecule has 0 aliphatic carbocycles. The Morgan fingerprint density at radius 2 is 2.00 bits per heavy atom. The minimum Gasteiger partial charge on any atom is -0.497 e. The van der Waals surface area contributed by atoms with Gasteiger partial charge >= 0.3 is 0 Å². The number of hydrogen-bond donors (Lipinski definition) is 2. The van der Waals surface area contributed by atoms with E-state index >= 15 is 0 Å². The van der Waals surface area contributed by atoms with E-state index < -0.39 is 0 Å². The average molecular weight is 291 g/mol. The number of nitrogen functional groups attached to an aromatic ring is 1. The maximum Gasteiger partial charge on any atom is 0.241 e. The Labute approximate surface area is 126 Å². The Morgan fingerprint density at radius 1 is 1.38 bits per heavy atom. The molecule has 3 atom stereocenters. The topological polar surface area (TPSA) is 67.6 Å². The molecule has 1 fully saturated rings. The molecular weight excluding hydrogens is 266 g/mol. The zero-order valence-electron chi connectivity index (χ0n) is 13.2. The molecule has 0 aromatic heterocycles. The summed E-state index contributed by atoms with van der Waals surface area (Å²) in [6.45, 7) is 6.30. The van der Waals surface area contributed by atoms with Crippen molar-refractivity contribution in [1.29, 1.82) is 0 Å². The fraction of sp³-hybridized carbons (Fsp3) is 0.562. The first kappa shape index (κ1) is 15.6. The zero-order valence-corrected chi connectivity index (χ0v) is 13.2. The number of nitrogens with one attached hydrogen (secondary N) is 1. The van der Waals surface area contributed by atoms with Gasteiger partial charge in [-0.15, -0.1) is 0 Å². The summed E-state index contributed by atoms with van der Waals surface area (Å²) in [7, 11) is 1.59. The van der Waals surface area contributed by atoms with Gasteiger partial charge in [0.2, 0.25) is 5.91 Å². The summed E-state index contributed by atoms with van der Waals surface area (Å²) in [6.07, 6.45) is 2.28. The van der Waals surface area contributed by atoms with Crippen LogP contribution >= 0.6 is 0 Å². The molecule has 3 unspecified atom stereocenters. The number of likely N-dealkylation sites (tertiary alicyclic amines) is 1. The predicted molar refractivity (Wildman–Crippen MR) is 85.5 cm³/mol. The van der Waals surface area contributed by atoms with E-state index in [1.54, 1.807) is 25.3 Å². The van der Waals surface area contributed by atoms with Gasteiger partial charge in [-0.2, -0.15) is 0 Å². The predicted octanol–water partition coefficient (Wildman–Crippen LogP) is 2.48. The van der Waals surface area contributed by atoms with Crippen molar-refractivity contribution in [2.75, 3.05) is 18.2 Å². The standard InChI is InChI=1S/C16H25N3O2/c1-10-5-6-11(2)19(10)12(3)16(20)18-15-9-13(21-4)7-8-14(15)17/h7-12H,5-6,17H2,1-4H3,(H,18,20). The van der Waals surface area contributed by atoms with Crippen LogP contribution in [0, 0.1) is 0 Å². The van der Waals surface area contributed by atoms with Crippen molar-refractivity contribution in [3.05, 3.63) is 18.2 Å². The number of rotatable bonds is 4. The van der Waals surface area contributed by atoms with Crippen LogP contribution in [-0.2, 0) is 4.79 Å². The number of carbonyl (C=O) groups excluding carboxylic acids is 1. The van der Waals surface area contributed by atoms with Crippen LogP contribution in [0.1, 0.15) is 33.6 Å². The van der Waals surface area contributed by atoms with Gasteiger partial charge in [0.05, 0.1) is 24.5 Å². The fourth-order valence-corrected chi connectivity index (χ4v) is 3.12. The zero-order chi connectivity index (χ0) is 15.6. The molecule has 1 heterocycles. The highest BCUT2D eigenvalue weighted by molar-refractivity contribution is 5.97. The van der Waals surface area contributed by atoms with E-state index in [0.717, 1.165) is 12.8 Å². The number of nitrogens with two attached hydrogens (primary N) is 1. The molecule has 21 heavy (non-hydrogen) atoms. The number of hydrogen-bond acceptors (Lipinski definition) is 4. The lowest BCUT2D eigenvalue weighted by Gasteiger charge is -2.31. The van der Waals surface area contributed by atoms with E-state index in [1.807, 2.05) is 6.92 Å². The molecule has 5 heteroatoms. The molecule has 0 saturated carbocycles. The lowest BCUT2D eigenvalue weighted by Crippen LogP contribution is -2.46. The van der Waals surface area contributed by atoms with E-state index in [1.165, 1.54) is 0 Å². The van der Waals surface area contributed by atoms with Crippen molar-refractivity contribution < 1.29 is 9.53 Å². The van der Waals surface area contributed by atoms with Crippen molar-refractivity contribution in [3.63, 3.8) is 0 Å². The summed E-state index contributed by atoms with van der Waals surface area (Å²) in [4.78, 5) is 14.8. The number of amides is 1. The first-order valence-corrected chi connectivity index (χ1v) is 7.46. The van der Waals surface area contributed by atoms with Crippen LogP contribution in [-0.4, -0.2) is 36.0 Å². The summed E-state index contributed by atoms with van der Waals surface area (Å²) in [6, 6.07) is 5.95. The number of methoxy groups -OCH3 is 1. The van der Waals surface area contributed by atoms with Crippen LogP contribution < -0.4 is 15.8 Å². The van der Waals surface area contributed by atoms with E-state index in [2.05, 4.69) is 24.1 Å². The smallest absolute Gasteiger partial charge is 0.241 e. The van der Waals surface area contributed by atoms with E-state index in [9.17, 15) is 4.79 Å². The summed E-state index contributed by atoms with van der Waals surface area (Å²) in [5, 5.41) is 2.92. The molecule has 5 nitrogen and oxygen atoms in total. The SMILES string of the molecule is COc1ccc(N)c(NC(=O)C(C)N2C(C)CCC2C)c1. The highest BCUT2D eigenvalue weighted by Gasteiger charge is 2.34. The molecule has 2 rings (SSSR count). The van der Waals surface area contributed by atoms with Gasteiger partial charge in [0.15, 0.2) is 0 Å². The Hall–Kier alpha value is -1.75. The molecule has 1 aromatic carbocycles. The summed E-state index contributed by atoms with van der Waals surface area (Å²) >= 11 is 0. The van der Waals surface area contributed by atoms with E-state index in [-0.39, 0.29) is 11.9 Å². The quantitative estimate of drug-likeness (QED) is 0.836. The van der Waals surface area contributed by atoms with Crippen molar-refractivity contribution in [1.82, 2.24) is 4.90 Å². The second-order valence-corrected chi connectivity index (χ2v) is 5.84. The first-order valence-electron chi connectivity index (χ1n) is 7.46. The van der Waals surface area contributed by atoms with Crippen molar-refractivity contribution in [2.24, 2.45) is 0 Å². The lowest BCUT2D eigenvalue weighted by atomic mass is 10.2. The van der Waals surface area contributed by atoms with E-state index in [4.69, 9.17) is 10.5 Å². The number of carbonyl (C=O) groups is 1. The summed E-state index contributed by atoms with van der Waals surface area (Å²) in [5.41, 5.74) is 7.06. The van der Waals surface area contributed by atoms with Crippen LogP contribution in [0.25, 0.3) is 0 Å². The van der Waals surface area contributed by atoms with E-state index in [0.29, 0.717) is 29.2 Å². The Morgan fingerprint density at radius 3 is 2.57 bits per heavy atom. The van der Waals surface area contributed by atoms with Crippen LogP contribution in [0.4, 0.5) is 11.4 Å². The molecular formula is C16H25N3O2. The molecule has 0 bridgehead atoms. The van der Waals surface area contributed by atoms with Crippen molar-refractivity contribution in [2.45, 2.75) is 51.7 Å². The third-order valence-corrected chi connectivity index (χ3v) is 4.37. The lowest BCUT2D eigenvalue weighted by molar-refractivity contribution is -0.121. The second kappa shape index (κ2) is 6.35. The summed E-state index contributed by atoms with van der Waals surface area (Å²) < 4.78 is 5.17. The molecule has 1 aliphatic rings. The van der Waals surface area contributed by atoms with Gasteiger partial charge in [-0.25, -0.2) is 0 Å². The molecule has 1 saturated heterocycles. The van der Waals surface area contributed by atoms with Gasteiger partial charge in [-0.3, -0.25) is 9.69 Å². The number of nitrogens with zero attached hydrogens (tertiary/aromatic N) is 1. The third kappa shape index (κ3) is 3.29. The third-order valence-electron chi connectivity index (χ3n) is 4.37. The van der Waals surface area contributed by atoms with Gasteiger partial charge < -0.3 is 15.8 Å². The Balaban J connectivity index is 2.10. The van der Waals surface area contributed by atoms with Crippen LogP contribution in [0.15, 0.2) is 18.2 Å². The second-order valence-electron chi connectivity index (χ2n) is 5.84. The highest BCUT2D eigenvalue weighted by Crippen LogP contribution is 2.28. The molecule has 116 valence electrons. The summed E-state index contributed by atoms with van der Waals surface area (Å²) in [5.74, 6) is 0.644. The minimum absolute atomic E-state index is 0.0319. The number of benzene rings is 1. The molecule has 1 aliphatic heterocycles. The average Bonchev–Trinajstić information content (AvgIpc) is 2.79. The minimum atomic E-state index is -0.178. The molecule has 1 aromatic rings. The maximum atomic E-state index is 12.5. The van der Waals surface area contributed by atoms with Crippen molar-refractivity contribution >= 4 is 17.3 Å². The van der Waals surface area contributed by atoms with Gasteiger partial charge in [-0.05, 0) is 45.7 Å². The van der Waals surface area contributed by atoms with Crippen LogP contribution in [0.2, 0.25) is 0 Å². The Kier molecular flexibility index (Phi) is 4.73. The largest absolute Gasteiger partial charge is 0.497 e. The fourth-order valence-electron chi connectivity index (χ4n) is 3.12. The molecule has 0 radical (unpaired) electrons.